The van der Waals surface area contributed by atoms with Crippen molar-refractivity contribution in [1.82, 2.24) is 4.98 Å². The number of anilines is 3. The van der Waals surface area contributed by atoms with Crippen LogP contribution in [0.4, 0.5) is 17.2 Å². The quantitative estimate of drug-likeness (QED) is 0.579. The maximum atomic E-state index is 12.9. The van der Waals surface area contributed by atoms with Gasteiger partial charge < -0.3 is 15.0 Å². The number of aromatic nitrogens is 1. The van der Waals surface area contributed by atoms with Crippen molar-refractivity contribution in [3.63, 3.8) is 0 Å². The molecule has 5 nitrogen and oxygen atoms in total. The molecule has 0 fully saturated rings. The van der Waals surface area contributed by atoms with Crippen LogP contribution >= 0.6 is 11.6 Å². The number of hydrogen-bond donors (Lipinski definition) is 1. The van der Waals surface area contributed by atoms with Gasteiger partial charge in [-0.15, -0.1) is 0 Å². The Morgan fingerprint density at radius 1 is 1.13 bits per heavy atom. The minimum absolute atomic E-state index is 0.0667. The summed E-state index contributed by atoms with van der Waals surface area (Å²) in [4.78, 5) is 19.3. The Kier molecular flexibility index (Phi) is 5.39. The molecule has 3 aromatic rings. The third kappa shape index (κ3) is 4.12. The van der Waals surface area contributed by atoms with Gasteiger partial charge in [0.05, 0.1) is 17.3 Å². The van der Waals surface area contributed by atoms with Crippen LogP contribution in [-0.4, -0.2) is 24.0 Å². The molecule has 0 unspecified atom stereocenters. The predicted molar refractivity (Wildman–Crippen MR) is 121 cm³/mol. The van der Waals surface area contributed by atoms with Gasteiger partial charge in [-0.2, -0.15) is 0 Å². The standard InChI is InChI=1S/C24H24ClN3O2/c1-24(2,3)17-7-9-18(10-8-17)27-23(29)16-6-11-21-20(15-16)28(13-14-30-21)22-19(25)5-4-12-26-22/h4-12,15H,13-14H2,1-3H3,(H,27,29). The van der Waals surface area contributed by atoms with Crippen molar-refractivity contribution in [2.75, 3.05) is 23.4 Å². The monoisotopic (exact) mass is 421 g/mol. The highest BCUT2D eigenvalue weighted by Crippen LogP contribution is 2.39. The lowest BCUT2D eigenvalue weighted by molar-refractivity contribution is 0.102. The van der Waals surface area contributed by atoms with E-state index in [1.165, 1.54) is 5.56 Å². The van der Waals surface area contributed by atoms with E-state index in [2.05, 4.69) is 31.1 Å². The molecule has 154 valence electrons. The van der Waals surface area contributed by atoms with E-state index in [9.17, 15) is 4.79 Å². The van der Waals surface area contributed by atoms with Crippen LogP contribution in [0, 0.1) is 0 Å². The highest BCUT2D eigenvalue weighted by molar-refractivity contribution is 6.33. The molecule has 2 heterocycles. The van der Waals surface area contributed by atoms with Crippen molar-refractivity contribution in [2.45, 2.75) is 26.2 Å². The molecular weight excluding hydrogens is 398 g/mol. The summed E-state index contributed by atoms with van der Waals surface area (Å²) in [5, 5.41) is 3.52. The average molecular weight is 422 g/mol. The maximum Gasteiger partial charge on any atom is 0.255 e. The molecule has 0 saturated heterocycles. The average Bonchev–Trinajstić information content (AvgIpc) is 2.73. The second-order valence-corrected chi connectivity index (χ2v) is 8.68. The number of rotatable bonds is 3. The molecule has 30 heavy (non-hydrogen) atoms. The number of fused-ring (bicyclic) bond motifs is 1. The summed E-state index contributed by atoms with van der Waals surface area (Å²) in [6.45, 7) is 7.61. The van der Waals surface area contributed by atoms with Gasteiger partial charge in [-0.25, -0.2) is 4.98 Å². The number of nitrogens with zero attached hydrogens (tertiary/aromatic N) is 2. The number of nitrogens with one attached hydrogen (secondary N) is 1. The minimum Gasteiger partial charge on any atom is -0.490 e. The molecule has 1 aliphatic heterocycles. The zero-order chi connectivity index (χ0) is 21.3. The molecule has 0 bridgehead atoms. The molecule has 1 aliphatic rings. The van der Waals surface area contributed by atoms with Crippen LogP contribution in [0.2, 0.25) is 5.02 Å². The Labute approximate surface area is 181 Å². The Morgan fingerprint density at radius 3 is 2.60 bits per heavy atom. The molecular formula is C24H24ClN3O2. The topological polar surface area (TPSA) is 54.5 Å². The number of ether oxygens (including phenoxy) is 1. The van der Waals surface area contributed by atoms with Crippen molar-refractivity contribution in [3.05, 3.63) is 76.9 Å². The SMILES string of the molecule is CC(C)(C)c1ccc(NC(=O)c2ccc3c(c2)N(c2ncccc2Cl)CCO3)cc1. The number of benzene rings is 2. The zero-order valence-corrected chi connectivity index (χ0v) is 18.0. The summed E-state index contributed by atoms with van der Waals surface area (Å²) in [5.41, 5.74) is 3.35. The molecule has 1 N–H and O–H groups in total. The summed E-state index contributed by atoms with van der Waals surface area (Å²) in [6, 6.07) is 16.9. The first kappa shape index (κ1) is 20.2. The lowest BCUT2D eigenvalue weighted by atomic mass is 9.87. The van der Waals surface area contributed by atoms with Crippen molar-refractivity contribution < 1.29 is 9.53 Å². The highest BCUT2D eigenvalue weighted by Gasteiger charge is 2.24. The van der Waals surface area contributed by atoms with E-state index in [1.54, 1.807) is 24.4 Å². The molecule has 0 spiro atoms. The smallest absolute Gasteiger partial charge is 0.255 e. The second kappa shape index (κ2) is 8.00. The lowest BCUT2D eigenvalue weighted by Gasteiger charge is -2.31. The molecule has 6 heteroatoms. The second-order valence-electron chi connectivity index (χ2n) is 8.27. The van der Waals surface area contributed by atoms with Crippen LogP contribution in [0.25, 0.3) is 0 Å². The number of amides is 1. The Morgan fingerprint density at radius 2 is 1.90 bits per heavy atom. The highest BCUT2D eigenvalue weighted by atomic mass is 35.5. The van der Waals surface area contributed by atoms with Crippen molar-refractivity contribution >= 4 is 34.7 Å². The van der Waals surface area contributed by atoms with Crippen molar-refractivity contribution in [1.29, 1.82) is 0 Å². The van der Waals surface area contributed by atoms with Gasteiger partial charge in [-0.1, -0.05) is 44.5 Å². The molecule has 2 aromatic carbocycles. The van der Waals surface area contributed by atoms with Crippen molar-refractivity contribution in [3.8, 4) is 5.75 Å². The van der Waals surface area contributed by atoms with E-state index < -0.39 is 0 Å². The molecule has 0 radical (unpaired) electrons. The predicted octanol–water partition coefficient (Wildman–Crippen LogP) is 5.82. The van der Waals surface area contributed by atoms with Gasteiger partial charge in [0.25, 0.3) is 5.91 Å². The van der Waals surface area contributed by atoms with Gasteiger partial charge in [-0.3, -0.25) is 4.79 Å². The Bertz CT molecular complexity index is 1070. The lowest BCUT2D eigenvalue weighted by Crippen LogP contribution is -2.29. The Hall–Kier alpha value is -3.05. The van der Waals surface area contributed by atoms with E-state index >= 15 is 0 Å². The number of carbonyl (C=O) groups is 1. The van der Waals surface area contributed by atoms with Gasteiger partial charge in [-0.05, 0) is 53.4 Å². The maximum absolute atomic E-state index is 12.9. The summed E-state index contributed by atoms with van der Waals surface area (Å²) in [6.07, 6.45) is 1.70. The normalized spacial score (nSPS) is 13.4. The first-order chi connectivity index (χ1) is 14.3. The number of halogens is 1. The molecule has 0 atom stereocenters. The van der Waals surface area contributed by atoms with Gasteiger partial charge in [0, 0.05) is 17.4 Å². The summed E-state index contributed by atoms with van der Waals surface area (Å²) in [7, 11) is 0. The summed E-state index contributed by atoms with van der Waals surface area (Å²) >= 11 is 6.35. The molecule has 0 saturated carbocycles. The zero-order valence-electron chi connectivity index (χ0n) is 17.3. The van der Waals surface area contributed by atoms with Gasteiger partial charge in [0.15, 0.2) is 5.82 Å². The van der Waals surface area contributed by atoms with E-state index in [-0.39, 0.29) is 11.3 Å². The summed E-state index contributed by atoms with van der Waals surface area (Å²) < 4.78 is 5.77. The minimum atomic E-state index is -0.182. The molecule has 1 amide bonds. The number of hydrogen-bond acceptors (Lipinski definition) is 4. The number of pyridine rings is 1. The third-order valence-electron chi connectivity index (χ3n) is 5.09. The summed E-state index contributed by atoms with van der Waals surface area (Å²) in [5.74, 6) is 1.17. The van der Waals surface area contributed by atoms with Gasteiger partial charge in [0.2, 0.25) is 0 Å². The van der Waals surface area contributed by atoms with Crippen LogP contribution in [-0.2, 0) is 5.41 Å². The van der Waals surface area contributed by atoms with E-state index in [4.69, 9.17) is 16.3 Å². The van der Waals surface area contributed by atoms with Crippen molar-refractivity contribution in [2.24, 2.45) is 0 Å². The number of carbonyl (C=O) groups excluding carboxylic acids is 1. The van der Waals surface area contributed by atoms with Crippen LogP contribution in [0.15, 0.2) is 60.8 Å². The van der Waals surface area contributed by atoms with Crippen LogP contribution < -0.4 is 15.0 Å². The van der Waals surface area contributed by atoms with Crippen LogP contribution in [0.5, 0.6) is 5.75 Å². The fourth-order valence-electron chi connectivity index (χ4n) is 3.41. The molecule has 4 rings (SSSR count). The van der Waals surface area contributed by atoms with Gasteiger partial charge in [0.1, 0.15) is 12.4 Å². The Balaban J connectivity index is 1.59. The van der Waals surface area contributed by atoms with E-state index in [0.717, 1.165) is 11.4 Å². The fraction of sp³-hybridized carbons (Fsp3) is 0.250. The first-order valence-corrected chi connectivity index (χ1v) is 10.3. The van der Waals surface area contributed by atoms with E-state index in [1.807, 2.05) is 41.3 Å². The van der Waals surface area contributed by atoms with Crippen LogP contribution in [0.1, 0.15) is 36.7 Å². The fourth-order valence-corrected chi connectivity index (χ4v) is 3.64. The largest absolute Gasteiger partial charge is 0.490 e. The molecule has 1 aromatic heterocycles. The molecule has 0 aliphatic carbocycles. The van der Waals surface area contributed by atoms with E-state index in [0.29, 0.717) is 35.3 Å². The first-order valence-electron chi connectivity index (χ1n) is 9.90. The van der Waals surface area contributed by atoms with Crippen LogP contribution in [0.3, 0.4) is 0 Å². The third-order valence-corrected chi connectivity index (χ3v) is 5.38. The van der Waals surface area contributed by atoms with Gasteiger partial charge >= 0.3 is 0 Å².